The van der Waals surface area contributed by atoms with Crippen molar-refractivity contribution in [1.29, 1.82) is 5.26 Å². The maximum atomic E-state index is 12.3. The molecule has 0 fully saturated rings. The number of nitriles is 1. The Bertz CT molecular complexity index is 5510. The normalized spacial score (nSPS) is 13.3. The quantitative estimate of drug-likeness (QED) is 0.149. The molecule has 0 saturated heterocycles. The van der Waals surface area contributed by atoms with Crippen molar-refractivity contribution >= 4 is 101 Å². The van der Waals surface area contributed by atoms with Crippen LogP contribution in [0.25, 0.3) is 88.4 Å². The highest BCUT2D eigenvalue weighted by molar-refractivity contribution is 7.00. The summed E-state index contributed by atoms with van der Waals surface area (Å²) < 4.78 is 4.85. The molecule has 486 valence electrons. The molecule has 0 N–H and O–H groups in total. The van der Waals surface area contributed by atoms with Gasteiger partial charge in [-0.3, -0.25) is 0 Å². The van der Waals surface area contributed by atoms with Gasteiger partial charge in [-0.05, 0) is 178 Å². The lowest BCUT2D eigenvalue weighted by molar-refractivity contribution is 0.569. The number of fused-ring (bicyclic) bond motifs is 10. The molecule has 4 heterocycles. The lowest BCUT2D eigenvalue weighted by Gasteiger charge is -2.46. The van der Waals surface area contributed by atoms with Gasteiger partial charge < -0.3 is 18.9 Å². The Kier molecular flexibility index (Phi) is 14.5. The van der Waals surface area contributed by atoms with Crippen molar-refractivity contribution in [2.24, 2.45) is 0 Å². The molecule has 2 aliphatic heterocycles. The van der Waals surface area contributed by atoms with E-state index in [0.29, 0.717) is 5.56 Å². The molecule has 0 saturated carbocycles. The number of para-hydroxylation sites is 2. The fraction of sp³-hybridized carbons (Fsp3) is 0.215. The number of aromatic nitrogens is 2. The fourth-order valence-electron chi connectivity index (χ4n) is 15.7. The van der Waals surface area contributed by atoms with E-state index >= 15 is 0 Å². The molecule has 0 radical (unpaired) electrons. The molecule has 16 rings (SSSR count). The average molecular weight is 1280 g/mol. The van der Waals surface area contributed by atoms with Crippen LogP contribution >= 0.6 is 0 Å². The van der Waals surface area contributed by atoms with Gasteiger partial charge in [-0.15, -0.1) is 0 Å². The SMILES string of the molecule is CC(C)(C)c1cc(-c2ccc3c(c2)N(c2ccc(-c4ccccc4)cc2-c2ccccc2)c2cc(C(C)(C)C)cc4c2B3c2ccc(-n3c5cc(C(C)(C)C)ccc5c5ccc(C(C)(C)C)cc53)cc2N4c2cccc(-n3c4ccccc4c4ccccc43)c2C#N)cc(C(C)(C)C)c1. The van der Waals surface area contributed by atoms with E-state index in [1.54, 1.807) is 0 Å². The Labute approximate surface area is 585 Å². The first-order valence-electron chi connectivity index (χ1n) is 35.3. The molecule has 2 aliphatic rings. The molecule has 0 unspecified atom stereocenters. The van der Waals surface area contributed by atoms with E-state index in [2.05, 4.69) is 378 Å². The molecule has 0 atom stereocenters. The van der Waals surface area contributed by atoms with Gasteiger partial charge in [0.2, 0.25) is 0 Å². The van der Waals surface area contributed by atoms with Crippen molar-refractivity contribution in [3.8, 4) is 50.8 Å². The van der Waals surface area contributed by atoms with Gasteiger partial charge >= 0.3 is 0 Å². The fourth-order valence-corrected chi connectivity index (χ4v) is 15.7. The summed E-state index contributed by atoms with van der Waals surface area (Å²) in [5.41, 5.74) is 29.3. The second-order valence-electron chi connectivity index (χ2n) is 33.0. The summed E-state index contributed by atoms with van der Waals surface area (Å²) in [6, 6.07) is 96.8. The third-order valence-corrected chi connectivity index (χ3v) is 21.3. The summed E-state index contributed by atoms with van der Waals surface area (Å²) in [6.45, 7) is 34.7. The van der Waals surface area contributed by atoms with E-state index in [4.69, 9.17) is 0 Å². The van der Waals surface area contributed by atoms with Gasteiger partial charge in [0.05, 0.1) is 39.1 Å². The Hall–Kier alpha value is -10.6. The maximum absolute atomic E-state index is 12.3. The third-order valence-electron chi connectivity index (χ3n) is 21.3. The maximum Gasteiger partial charge on any atom is 0.252 e. The first-order chi connectivity index (χ1) is 47.2. The minimum Gasteiger partial charge on any atom is -0.311 e. The molecule has 99 heavy (non-hydrogen) atoms. The van der Waals surface area contributed by atoms with Crippen LogP contribution in [0.3, 0.4) is 0 Å². The zero-order valence-electron chi connectivity index (χ0n) is 60.0. The molecule has 5 nitrogen and oxygen atoms in total. The second kappa shape index (κ2) is 22.7. The number of nitrogens with zero attached hydrogens (tertiary/aromatic N) is 5. The van der Waals surface area contributed by atoms with Gasteiger partial charge in [0.15, 0.2) is 0 Å². The zero-order chi connectivity index (χ0) is 69.0. The van der Waals surface area contributed by atoms with Crippen LogP contribution in [0.4, 0.5) is 34.1 Å². The van der Waals surface area contributed by atoms with E-state index in [-0.39, 0.29) is 33.8 Å². The Balaban J connectivity index is 1.05. The highest BCUT2D eigenvalue weighted by atomic mass is 15.2. The van der Waals surface area contributed by atoms with Gasteiger partial charge in [-0.1, -0.05) is 274 Å². The van der Waals surface area contributed by atoms with E-state index in [9.17, 15) is 5.26 Å². The highest BCUT2D eigenvalue weighted by Crippen LogP contribution is 2.52. The van der Waals surface area contributed by atoms with Crippen LogP contribution in [-0.2, 0) is 27.1 Å². The first kappa shape index (κ1) is 63.2. The van der Waals surface area contributed by atoms with Crippen molar-refractivity contribution in [2.75, 3.05) is 9.80 Å². The topological polar surface area (TPSA) is 40.1 Å². The minimum atomic E-state index is -0.333. The van der Waals surface area contributed by atoms with Crippen LogP contribution in [0.1, 0.15) is 137 Å². The van der Waals surface area contributed by atoms with Gasteiger partial charge in [-0.2, -0.15) is 5.26 Å². The van der Waals surface area contributed by atoms with E-state index in [1.165, 1.54) is 66.1 Å². The van der Waals surface area contributed by atoms with Crippen molar-refractivity contribution in [2.45, 2.75) is 131 Å². The lowest BCUT2D eigenvalue weighted by atomic mass is 9.33. The Morgan fingerprint density at radius 1 is 0.283 bits per heavy atom. The molecule has 0 amide bonds. The second-order valence-corrected chi connectivity index (χ2v) is 33.0. The molecule has 6 heteroatoms. The Morgan fingerprint density at radius 2 is 0.737 bits per heavy atom. The van der Waals surface area contributed by atoms with Gasteiger partial charge in [0, 0.05) is 55.5 Å². The van der Waals surface area contributed by atoms with E-state index in [0.717, 1.165) is 101 Å². The summed E-state index contributed by atoms with van der Waals surface area (Å²) in [4.78, 5) is 5.11. The third kappa shape index (κ3) is 10.5. The first-order valence-corrected chi connectivity index (χ1v) is 35.3. The summed E-state index contributed by atoms with van der Waals surface area (Å²) in [5.74, 6) is 0. The zero-order valence-corrected chi connectivity index (χ0v) is 60.0. The smallest absolute Gasteiger partial charge is 0.252 e. The number of hydrogen-bond acceptors (Lipinski definition) is 3. The number of hydrogen-bond donors (Lipinski definition) is 0. The lowest BCUT2D eigenvalue weighted by Crippen LogP contribution is -2.61. The standard InChI is InChI=1S/C93H86BN5/c1-89(2,3)63-39-42-71-72-43-40-64(90(4,5)6)53-83(72)96(82(71)52-63)68-41-45-76-85(56-68)98(80-36-26-35-79(74(80)57-95)97-77-33-24-22-31-69(77)70-32-23-25-34-78(70)97)86-54-67(93(13,14)15)55-87-88(86)94(76)75-44-37-61(62-47-65(91(7,8)9)51-66(48-62)92(10,11)12)50-84(75)99(87)81-46-38-60(58-27-18-16-19-28-58)49-73(81)59-29-20-17-21-30-59/h16-56H,1-15H3. The minimum absolute atomic E-state index is 0.0893. The van der Waals surface area contributed by atoms with Crippen molar-refractivity contribution in [3.63, 3.8) is 0 Å². The monoisotopic (exact) mass is 1280 g/mol. The van der Waals surface area contributed by atoms with Crippen LogP contribution in [0.5, 0.6) is 0 Å². The summed E-state index contributed by atoms with van der Waals surface area (Å²) in [5, 5.41) is 17.1. The van der Waals surface area contributed by atoms with Crippen LogP contribution in [0.2, 0.25) is 0 Å². The van der Waals surface area contributed by atoms with Crippen LogP contribution in [0.15, 0.2) is 249 Å². The number of anilines is 6. The molecule has 2 aromatic heterocycles. The summed E-state index contributed by atoms with van der Waals surface area (Å²) in [7, 11) is 0. The van der Waals surface area contributed by atoms with Crippen molar-refractivity contribution in [3.05, 3.63) is 282 Å². The molecule has 0 spiro atoms. The largest absolute Gasteiger partial charge is 0.311 e. The Morgan fingerprint density at radius 3 is 1.28 bits per heavy atom. The van der Waals surface area contributed by atoms with Crippen LogP contribution < -0.4 is 26.2 Å². The summed E-state index contributed by atoms with van der Waals surface area (Å²) >= 11 is 0. The van der Waals surface area contributed by atoms with Crippen molar-refractivity contribution in [1.82, 2.24) is 9.13 Å². The molecule has 12 aromatic carbocycles. The number of benzene rings is 12. The van der Waals surface area contributed by atoms with Gasteiger partial charge in [0.25, 0.3) is 6.71 Å². The van der Waals surface area contributed by atoms with Gasteiger partial charge in [-0.25, -0.2) is 0 Å². The van der Waals surface area contributed by atoms with Gasteiger partial charge in [0.1, 0.15) is 11.6 Å². The predicted octanol–water partition coefficient (Wildman–Crippen LogP) is 23.3. The summed E-state index contributed by atoms with van der Waals surface area (Å²) in [6.07, 6.45) is 0. The molecule has 14 aromatic rings. The molecule has 0 bridgehead atoms. The van der Waals surface area contributed by atoms with Crippen LogP contribution in [0, 0.1) is 11.3 Å². The molecular formula is C93H86BN5. The highest BCUT2D eigenvalue weighted by Gasteiger charge is 2.46. The van der Waals surface area contributed by atoms with Crippen molar-refractivity contribution < 1.29 is 0 Å². The van der Waals surface area contributed by atoms with Crippen LogP contribution in [-0.4, -0.2) is 15.8 Å². The molecule has 0 aliphatic carbocycles. The molecular weight excluding hydrogens is 1200 g/mol. The number of rotatable bonds is 7. The van der Waals surface area contributed by atoms with E-state index in [1.807, 2.05) is 0 Å². The van der Waals surface area contributed by atoms with E-state index < -0.39 is 0 Å². The average Bonchev–Trinajstić information content (AvgIpc) is 1.14. The predicted molar refractivity (Wildman–Crippen MR) is 424 cm³/mol.